The first-order valence-electron chi connectivity index (χ1n) is 8.57. The summed E-state index contributed by atoms with van der Waals surface area (Å²) in [6.07, 6.45) is 1.61. The summed E-state index contributed by atoms with van der Waals surface area (Å²) < 4.78 is 2.85. The van der Waals surface area contributed by atoms with Crippen LogP contribution in [0, 0.1) is 6.92 Å². The van der Waals surface area contributed by atoms with Gasteiger partial charge in [0, 0.05) is 28.5 Å². The predicted octanol–water partition coefficient (Wildman–Crippen LogP) is 3.15. The van der Waals surface area contributed by atoms with Gasteiger partial charge in [-0.25, -0.2) is 9.97 Å². The van der Waals surface area contributed by atoms with E-state index in [1.807, 2.05) is 17.6 Å². The summed E-state index contributed by atoms with van der Waals surface area (Å²) >= 11 is 3.59. The van der Waals surface area contributed by atoms with E-state index in [1.165, 1.54) is 0 Å². The molecule has 0 saturated carbocycles. The first-order valence-corrected chi connectivity index (χ1v) is 9.36. The van der Waals surface area contributed by atoms with Crippen molar-refractivity contribution in [3.8, 4) is 0 Å². The van der Waals surface area contributed by atoms with Gasteiger partial charge in [-0.05, 0) is 58.7 Å². The molecule has 0 fully saturated rings. The lowest BCUT2D eigenvalue weighted by Gasteiger charge is -2.10. The van der Waals surface area contributed by atoms with Gasteiger partial charge in [-0.1, -0.05) is 0 Å². The van der Waals surface area contributed by atoms with E-state index in [9.17, 15) is 4.79 Å². The quantitative estimate of drug-likeness (QED) is 0.493. The molecule has 0 radical (unpaired) electrons. The van der Waals surface area contributed by atoms with Crippen LogP contribution in [-0.2, 0) is 6.54 Å². The van der Waals surface area contributed by atoms with Crippen LogP contribution in [0.25, 0.3) is 21.9 Å². The number of aromatic amines is 1. The van der Waals surface area contributed by atoms with Crippen molar-refractivity contribution < 1.29 is 4.79 Å². The molecule has 1 aliphatic rings. The van der Waals surface area contributed by atoms with Crippen LogP contribution in [0.1, 0.15) is 15.9 Å². The van der Waals surface area contributed by atoms with E-state index in [4.69, 9.17) is 0 Å². The number of hydrogen-bond donors (Lipinski definition) is 2. The molecule has 7 nitrogen and oxygen atoms in total. The van der Waals surface area contributed by atoms with Gasteiger partial charge in [0.25, 0.3) is 5.91 Å². The minimum Gasteiger partial charge on any atom is -0.369 e. The molecule has 5 rings (SSSR count). The molecule has 0 unspecified atom stereocenters. The number of anilines is 1. The molecule has 0 bridgehead atoms. The number of imidazole rings is 1. The standard InChI is InChI=1S/C19H15BrN6O/c1-10-6-12-16(13(20)7-10)24-19(26-5-4-21-17(12)26)25-18(27)11-2-3-14-15(8-11)23-9-22-14/h2-3,6-9,21H,4-5H2,1H3,(H,22,23). The summed E-state index contributed by atoms with van der Waals surface area (Å²) in [4.78, 5) is 29.0. The highest BCUT2D eigenvalue weighted by atomic mass is 79.9. The summed E-state index contributed by atoms with van der Waals surface area (Å²) in [6.45, 7) is 3.54. The molecule has 1 amide bonds. The zero-order valence-corrected chi connectivity index (χ0v) is 16.0. The van der Waals surface area contributed by atoms with Crippen LogP contribution < -0.4 is 10.9 Å². The van der Waals surface area contributed by atoms with Crippen LogP contribution in [0.4, 0.5) is 5.82 Å². The molecule has 0 saturated heterocycles. The molecule has 134 valence electrons. The highest BCUT2D eigenvalue weighted by molar-refractivity contribution is 9.10. The zero-order chi connectivity index (χ0) is 18.5. The lowest BCUT2D eigenvalue weighted by atomic mass is 10.1. The Bertz CT molecular complexity index is 1300. The maximum atomic E-state index is 12.8. The predicted molar refractivity (Wildman–Crippen MR) is 107 cm³/mol. The lowest BCUT2D eigenvalue weighted by Crippen LogP contribution is -2.25. The second kappa shape index (κ2) is 6.02. The van der Waals surface area contributed by atoms with Gasteiger partial charge in [0.1, 0.15) is 5.82 Å². The number of rotatable bonds is 1. The number of benzene rings is 2. The van der Waals surface area contributed by atoms with Crippen LogP contribution in [0.3, 0.4) is 0 Å². The number of amides is 1. The normalized spacial score (nSPS) is 13.9. The SMILES string of the molecule is Cc1cc(Br)c2nc(=NC(=O)c3ccc4nc[nH]c4c3)n3c(c2c1)NCC3. The van der Waals surface area contributed by atoms with Crippen molar-refractivity contribution >= 4 is 49.6 Å². The fourth-order valence-electron chi connectivity index (χ4n) is 3.43. The van der Waals surface area contributed by atoms with E-state index in [2.05, 4.69) is 47.3 Å². The molecule has 2 aromatic heterocycles. The van der Waals surface area contributed by atoms with Crippen molar-refractivity contribution in [1.29, 1.82) is 0 Å². The van der Waals surface area contributed by atoms with Crippen LogP contribution in [0.15, 0.2) is 46.1 Å². The van der Waals surface area contributed by atoms with Gasteiger partial charge in [-0.3, -0.25) is 9.36 Å². The fraction of sp³-hybridized carbons (Fsp3) is 0.158. The zero-order valence-electron chi connectivity index (χ0n) is 14.5. The van der Waals surface area contributed by atoms with Crippen molar-refractivity contribution in [2.45, 2.75) is 13.5 Å². The van der Waals surface area contributed by atoms with E-state index in [1.54, 1.807) is 24.5 Å². The molecular weight excluding hydrogens is 408 g/mol. The van der Waals surface area contributed by atoms with Gasteiger partial charge in [0.05, 0.1) is 22.9 Å². The minimum atomic E-state index is -0.330. The number of aryl methyl sites for hydroxylation is 1. The maximum absolute atomic E-state index is 12.8. The summed E-state index contributed by atoms with van der Waals surface area (Å²) in [6, 6.07) is 9.41. The molecule has 1 aliphatic heterocycles. The van der Waals surface area contributed by atoms with Crippen molar-refractivity contribution in [3.63, 3.8) is 0 Å². The van der Waals surface area contributed by atoms with E-state index < -0.39 is 0 Å². The largest absolute Gasteiger partial charge is 0.369 e. The van der Waals surface area contributed by atoms with Crippen LogP contribution in [0.5, 0.6) is 0 Å². The molecular formula is C19H15BrN6O. The Labute approximate surface area is 162 Å². The van der Waals surface area contributed by atoms with Gasteiger partial charge in [0.2, 0.25) is 5.62 Å². The van der Waals surface area contributed by atoms with Gasteiger partial charge in [-0.15, -0.1) is 0 Å². The van der Waals surface area contributed by atoms with E-state index in [0.29, 0.717) is 11.2 Å². The van der Waals surface area contributed by atoms with Crippen LogP contribution in [0.2, 0.25) is 0 Å². The van der Waals surface area contributed by atoms with Crippen LogP contribution >= 0.6 is 15.9 Å². The molecule has 0 spiro atoms. The Kier molecular flexibility index (Phi) is 3.61. The van der Waals surface area contributed by atoms with E-state index in [-0.39, 0.29) is 5.91 Å². The molecule has 2 N–H and O–H groups in total. The second-order valence-corrected chi connectivity index (χ2v) is 7.39. The number of aromatic nitrogens is 4. The third kappa shape index (κ3) is 2.64. The fourth-order valence-corrected chi connectivity index (χ4v) is 4.10. The smallest absolute Gasteiger partial charge is 0.280 e. The summed E-state index contributed by atoms with van der Waals surface area (Å²) in [7, 11) is 0. The Hall–Kier alpha value is -3.00. The summed E-state index contributed by atoms with van der Waals surface area (Å²) in [5.74, 6) is 0.614. The number of carbonyl (C=O) groups excluding carboxylic acids is 1. The van der Waals surface area contributed by atoms with Gasteiger partial charge in [0.15, 0.2) is 0 Å². The number of fused-ring (bicyclic) bond motifs is 4. The Morgan fingerprint density at radius 1 is 1.30 bits per heavy atom. The Balaban J connectivity index is 1.71. The summed E-state index contributed by atoms with van der Waals surface area (Å²) in [5.41, 5.74) is 4.45. The third-order valence-corrected chi connectivity index (χ3v) is 5.29. The Morgan fingerprint density at radius 2 is 2.19 bits per heavy atom. The topological polar surface area (TPSA) is 88.0 Å². The third-order valence-electron chi connectivity index (χ3n) is 4.68. The Morgan fingerprint density at radius 3 is 3.07 bits per heavy atom. The van der Waals surface area contributed by atoms with Crippen molar-refractivity contribution in [2.24, 2.45) is 4.99 Å². The number of hydrogen-bond acceptors (Lipinski definition) is 4. The maximum Gasteiger partial charge on any atom is 0.280 e. The average Bonchev–Trinajstić information content (AvgIpc) is 3.31. The highest BCUT2D eigenvalue weighted by Gasteiger charge is 2.18. The van der Waals surface area contributed by atoms with Crippen molar-refractivity contribution in [3.05, 3.63) is 57.9 Å². The molecule has 3 heterocycles. The number of H-pyrrole nitrogens is 1. The molecule has 0 aliphatic carbocycles. The molecule has 4 aromatic rings. The van der Waals surface area contributed by atoms with E-state index >= 15 is 0 Å². The average molecular weight is 423 g/mol. The van der Waals surface area contributed by atoms with Crippen LogP contribution in [-0.4, -0.2) is 32.0 Å². The lowest BCUT2D eigenvalue weighted by molar-refractivity contribution is 0.0996. The number of halogens is 1. The first kappa shape index (κ1) is 16.2. The molecule has 8 heteroatoms. The second-order valence-electron chi connectivity index (χ2n) is 6.53. The highest BCUT2D eigenvalue weighted by Crippen LogP contribution is 2.29. The van der Waals surface area contributed by atoms with Gasteiger partial charge >= 0.3 is 0 Å². The summed E-state index contributed by atoms with van der Waals surface area (Å²) in [5, 5.41) is 4.41. The van der Waals surface area contributed by atoms with Gasteiger partial charge in [-0.2, -0.15) is 4.99 Å². The van der Waals surface area contributed by atoms with Crippen molar-refractivity contribution in [1.82, 2.24) is 19.5 Å². The van der Waals surface area contributed by atoms with E-state index in [0.717, 1.165) is 50.9 Å². The number of nitrogens with one attached hydrogen (secondary N) is 2. The molecule has 2 aromatic carbocycles. The number of nitrogens with zero attached hydrogens (tertiary/aromatic N) is 4. The van der Waals surface area contributed by atoms with Crippen molar-refractivity contribution in [2.75, 3.05) is 11.9 Å². The number of carbonyl (C=O) groups is 1. The minimum absolute atomic E-state index is 0.330. The molecule has 27 heavy (non-hydrogen) atoms. The monoisotopic (exact) mass is 422 g/mol. The molecule has 0 atom stereocenters. The first-order chi connectivity index (χ1) is 13.1. The van der Waals surface area contributed by atoms with Gasteiger partial charge < -0.3 is 10.3 Å².